The molecule has 11 heteroatoms. The van der Waals surface area contributed by atoms with Crippen molar-refractivity contribution in [2.24, 2.45) is 11.3 Å². The fourth-order valence-electron chi connectivity index (χ4n) is 6.21. The molecule has 10 nitrogen and oxygen atoms in total. The summed E-state index contributed by atoms with van der Waals surface area (Å²) in [6.07, 6.45) is 0.988. The molecule has 2 bridgehead atoms. The van der Waals surface area contributed by atoms with E-state index in [0.29, 0.717) is 28.8 Å². The summed E-state index contributed by atoms with van der Waals surface area (Å²) >= 11 is 1.98. The third-order valence-electron chi connectivity index (χ3n) is 7.86. The van der Waals surface area contributed by atoms with Gasteiger partial charge in [-0.15, -0.1) is 0 Å². The Morgan fingerprint density at radius 2 is 1.76 bits per heavy atom. The maximum Gasteiger partial charge on any atom is 0.332 e. The number of barbiturate groups is 1. The lowest BCUT2D eigenvalue weighted by Crippen LogP contribution is -2.67. The van der Waals surface area contributed by atoms with E-state index in [1.54, 1.807) is 24.3 Å². The number of fused-ring (bicyclic) bond motifs is 4. The maximum atomic E-state index is 13.8. The van der Waals surface area contributed by atoms with Gasteiger partial charge in [-0.1, -0.05) is 6.07 Å². The number of pyridine rings is 1. The standard InChI is InChI=1S/C26H29IN4O6/c1-28-23(34)26(24(35)29(2)25(28)36,10-15-8-18(27)22(33)20(9-15)37-3)14-30-11-16-7-17(13-30)19-5-4-6-21(32)31(19)12-16/h4-6,8-9,16-17,33H,7,10-14H2,1-3H3/t16-,17+/m0/s1. The number of carbonyl (C=O) groups excluding carboxylic acids is 3. The zero-order chi connectivity index (χ0) is 26.6. The quantitative estimate of drug-likeness (QED) is 0.402. The second kappa shape index (κ2) is 9.43. The highest BCUT2D eigenvalue weighted by molar-refractivity contribution is 14.1. The number of imide groups is 2. The third kappa shape index (κ3) is 4.21. The van der Waals surface area contributed by atoms with Crippen molar-refractivity contribution in [1.29, 1.82) is 0 Å². The lowest BCUT2D eigenvalue weighted by molar-refractivity contribution is -0.159. The summed E-state index contributed by atoms with van der Waals surface area (Å²) in [5.41, 5.74) is 0.0780. The molecule has 0 spiro atoms. The number of phenolic OH excluding ortho intramolecular Hbond substituents is 1. The minimum Gasteiger partial charge on any atom is -0.504 e. The number of hydrogen-bond donors (Lipinski definition) is 1. The second-order valence-corrected chi connectivity index (χ2v) is 11.5. The zero-order valence-corrected chi connectivity index (χ0v) is 23.1. The smallest absolute Gasteiger partial charge is 0.332 e. The summed E-state index contributed by atoms with van der Waals surface area (Å²) in [6.45, 7) is 1.97. The van der Waals surface area contributed by atoms with Gasteiger partial charge in [0.15, 0.2) is 11.5 Å². The van der Waals surface area contributed by atoms with Gasteiger partial charge in [0.05, 0.1) is 10.7 Å². The molecule has 4 heterocycles. The average Bonchev–Trinajstić information content (AvgIpc) is 2.88. The van der Waals surface area contributed by atoms with Crippen molar-refractivity contribution in [3.8, 4) is 11.5 Å². The molecule has 2 atom stereocenters. The first-order valence-electron chi connectivity index (χ1n) is 12.1. The van der Waals surface area contributed by atoms with Crippen molar-refractivity contribution in [2.45, 2.75) is 25.3 Å². The lowest BCUT2D eigenvalue weighted by Gasteiger charge is -2.48. The number of rotatable bonds is 5. The van der Waals surface area contributed by atoms with Crippen LogP contribution >= 0.6 is 22.6 Å². The number of hydrogen-bond acceptors (Lipinski definition) is 7. The molecule has 0 saturated carbocycles. The molecular weight excluding hydrogens is 591 g/mol. The van der Waals surface area contributed by atoms with Crippen LogP contribution in [0.4, 0.5) is 4.79 Å². The van der Waals surface area contributed by atoms with E-state index in [2.05, 4.69) is 4.90 Å². The molecule has 0 aliphatic carbocycles. The molecule has 0 radical (unpaired) electrons. The SMILES string of the molecule is COc1cc(CC2(CN3C[C@@H]4C[C@H](C3)c3cccc(=O)n3C4)C(=O)N(C)C(=O)N(C)C2=O)cc(I)c1O. The Balaban J connectivity index is 1.53. The molecular formula is C26H29IN4O6. The normalized spacial score (nSPS) is 23.3. The van der Waals surface area contributed by atoms with Crippen molar-refractivity contribution < 1.29 is 24.2 Å². The molecule has 5 rings (SSSR count). The van der Waals surface area contributed by atoms with E-state index in [1.807, 2.05) is 33.2 Å². The Hall–Kier alpha value is -2.93. The largest absolute Gasteiger partial charge is 0.504 e. The van der Waals surface area contributed by atoms with Gasteiger partial charge in [-0.3, -0.25) is 24.2 Å². The van der Waals surface area contributed by atoms with E-state index in [9.17, 15) is 24.3 Å². The Bertz CT molecular complexity index is 1330. The summed E-state index contributed by atoms with van der Waals surface area (Å²) in [6, 6.07) is 8.02. The van der Waals surface area contributed by atoms with Crippen LogP contribution in [0, 0.1) is 14.9 Å². The van der Waals surface area contributed by atoms with Gasteiger partial charge < -0.3 is 19.3 Å². The number of aromatic hydroxyl groups is 1. The van der Waals surface area contributed by atoms with Crippen molar-refractivity contribution in [2.75, 3.05) is 40.8 Å². The Morgan fingerprint density at radius 3 is 2.43 bits per heavy atom. The van der Waals surface area contributed by atoms with Crippen LogP contribution in [0.1, 0.15) is 23.6 Å². The number of piperidine rings is 1. The van der Waals surface area contributed by atoms with Gasteiger partial charge in [0.2, 0.25) is 11.8 Å². The van der Waals surface area contributed by atoms with E-state index in [4.69, 9.17) is 4.74 Å². The van der Waals surface area contributed by atoms with Crippen LogP contribution in [0.15, 0.2) is 35.1 Å². The van der Waals surface area contributed by atoms with Crippen LogP contribution in [0.2, 0.25) is 0 Å². The zero-order valence-electron chi connectivity index (χ0n) is 20.9. The number of methoxy groups -OCH3 is 1. The van der Waals surface area contributed by atoms with E-state index in [0.717, 1.165) is 21.9 Å². The maximum absolute atomic E-state index is 13.8. The van der Waals surface area contributed by atoms with Gasteiger partial charge in [0.25, 0.3) is 5.56 Å². The molecule has 3 aliphatic rings. The molecule has 0 unspecified atom stereocenters. The molecule has 2 saturated heterocycles. The average molecular weight is 620 g/mol. The van der Waals surface area contributed by atoms with Gasteiger partial charge >= 0.3 is 6.03 Å². The third-order valence-corrected chi connectivity index (χ3v) is 8.69. The predicted octanol–water partition coefficient (Wildman–Crippen LogP) is 1.87. The molecule has 1 N–H and O–H groups in total. The van der Waals surface area contributed by atoms with Crippen LogP contribution in [0.25, 0.3) is 0 Å². The Labute approximate surface area is 227 Å². The summed E-state index contributed by atoms with van der Waals surface area (Å²) in [4.78, 5) is 56.8. The van der Waals surface area contributed by atoms with Gasteiger partial charge in [-0.25, -0.2) is 4.79 Å². The van der Waals surface area contributed by atoms with E-state index >= 15 is 0 Å². The van der Waals surface area contributed by atoms with E-state index in [-0.39, 0.29) is 41.9 Å². The first-order valence-corrected chi connectivity index (χ1v) is 13.2. The number of ether oxygens (including phenoxy) is 1. The molecule has 1 aromatic heterocycles. The number of nitrogens with zero attached hydrogens (tertiary/aromatic N) is 4. The van der Waals surface area contributed by atoms with Crippen LogP contribution < -0.4 is 10.3 Å². The highest BCUT2D eigenvalue weighted by Gasteiger charge is 2.56. The van der Waals surface area contributed by atoms with Crippen LogP contribution in [0.5, 0.6) is 11.5 Å². The summed E-state index contributed by atoms with van der Waals surface area (Å²) in [5, 5.41) is 10.3. The predicted molar refractivity (Wildman–Crippen MR) is 142 cm³/mol. The second-order valence-electron chi connectivity index (χ2n) is 10.3. The number of halogens is 1. The van der Waals surface area contributed by atoms with Crippen molar-refractivity contribution in [3.05, 3.63) is 55.5 Å². The van der Waals surface area contributed by atoms with Crippen molar-refractivity contribution in [3.63, 3.8) is 0 Å². The van der Waals surface area contributed by atoms with Crippen molar-refractivity contribution in [1.82, 2.24) is 19.3 Å². The monoisotopic (exact) mass is 620 g/mol. The molecule has 1 aromatic carbocycles. The summed E-state index contributed by atoms with van der Waals surface area (Å²) < 4.78 is 7.68. The van der Waals surface area contributed by atoms with Gasteiger partial charge in [0.1, 0.15) is 5.41 Å². The van der Waals surface area contributed by atoms with E-state index < -0.39 is 23.3 Å². The number of likely N-dealkylation sites (tertiary alicyclic amines) is 1. The first-order chi connectivity index (χ1) is 17.6. The van der Waals surface area contributed by atoms with Gasteiger partial charge in [-0.2, -0.15) is 0 Å². The summed E-state index contributed by atoms with van der Waals surface area (Å²) in [5.74, 6) is -0.530. The van der Waals surface area contributed by atoms with E-state index in [1.165, 1.54) is 21.2 Å². The Morgan fingerprint density at radius 1 is 1.05 bits per heavy atom. The highest BCUT2D eigenvalue weighted by Crippen LogP contribution is 2.41. The van der Waals surface area contributed by atoms with Gasteiger partial charge in [-0.05, 0) is 65.1 Å². The molecule has 2 aromatic rings. The highest BCUT2D eigenvalue weighted by atomic mass is 127. The lowest BCUT2D eigenvalue weighted by atomic mass is 9.75. The number of phenols is 1. The molecule has 4 amide bonds. The minimum absolute atomic E-state index is 0.00704. The van der Waals surface area contributed by atoms with Crippen LogP contribution in [0.3, 0.4) is 0 Å². The minimum atomic E-state index is -1.54. The Kier molecular flexibility index (Phi) is 6.55. The van der Waals surface area contributed by atoms with Crippen LogP contribution in [-0.4, -0.2) is 83.1 Å². The van der Waals surface area contributed by atoms with Crippen molar-refractivity contribution >= 4 is 40.4 Å². The molecule has 196 valence electrons. The van der Waals surface area contributed by atoms with Crippen LogP contribution in [-0.2, 0) is 22.6 Å². The first kappa shape index (κ1) is 25.7. The number of benzene rings is 1. The fraction of sp³-hybridized carbons (Fsp3) is 0.462. The number of aromatic nitrogens is 1. The molecule has 3 aliphatic heterocycles. The summed E-state index contributed by atoms with van der Waals surface area (Å²) in [7, 11) is 4.24. The number of carbonyl (C=O) groups is 3. The molecule has 37 heavy (non-hydrogen) atoms. The topological polar surface area (TPSA) is 112 Å². The number of amides is 4. The molecule has 2 fully saturated rings. The number of urea groups is 1. The van der Waals surface area contributed by atoms with Gasteiger partial charge in [0, 0.05) is 58.0 Å². The fourth-order valence-corrected chi connectivity index (χ4v) is 6.88.